The normalized spacial score (nSPS) is 10.6. The van der Waals surface area contributed by atoms with Crippen LogP contribution in [0.5, 0.6) is 0 Å². The summed E-state index contributed by atoms with van der Waals surface area (Å²) in [4.78, 5) is 14.3. The van der Waals surface area contributed by atoms with Crippen molar-refractivity contribution in [3.63, 3.8) is 0 Å². The van der Waals surface area contributed by atoms with Crippen molar-refractivity contribution in [2.45, 2.75) is 33.6 Å². The van der Waals surface area contributed by atoms with Gasteiger partial charge >= 0.3 is 0 Å². The topological polar surface area (TPSA) is 17.1 Å². The third-order valence-electron chi connectivity index (χ3n) is 3.19. The second-order valence-corrected chi connectivity index (χ2v) is 5.72. The van der Waals surface area contributed by atoms with E-state index in [-0.39, 0.29) is 5.78 Å². The Morgan fingerprint density at radius 3 is 2.33 bits per heavy atom. The predicted octanol–water partition coefficient (Wildman–Crippen LogP) is 4.41. The monoisotopic (exact) mass is 258 g/mol. The van der Waals surface area contributed by atoms with Crippen molar-refractivity contribution in [1.29, 1.82) is 0 Å². The minimum absolute atomic E-state index is 0.144. The zero-order valence-corrected chi connectivity index (χ0v) is 11.9. The van der Waals surface area contributed by atoms with Crippen LogP contribution in [0.3, 0.4) is 0 Å². The molecule has 1 aromatic heterocycles. The van der Waals surface area contributed by atoms with Crippen LogP contribution in [0.2, 0.25) is 0 Å². The summed E-state index contributed by atoms with van der Waals surface area (Å²) in [5.74, 6) is 0.144. The Hall–Kier alpha value is -1.41. The van der Waals surface area contributed by atoms with Gasteiger partial charge in [-0.05, 0) is 49.1 Å². The van der Waals surface area contributed by atoms with Gasteiger partial charge in [0.15, 0.2) is 0 Å². The van der Waals surface area contributed by atoms with Gasteiger partial charge in [0.05, 0.1) is 4.88 Å². The van der Waals surface area contributed by atoms with E-state index in [1.807, 2.05) is 25.1 Å². The minimum atomic E-state index is 0.144. The van der Waals surface area contributed by atoms with Gasteiger partial charge in [0.25, 0.3) is 0 Å². The van der Waals surface area contributed by atoms with E-state index in [1.54, 1.807) is 11.3 Å². The molecule has 0 N–H and O–H groups in total. The first-order valence-electron chi connectivity index (χ1n) is 6.38. The lowest BCUT2D eigenvalue weighted by atomic mass is 9.98. The highest BCUT2D eigenvalue weighted by atomic mass is 32.1. The molecule has 0 radical (unpaired) electrons. The summed E-state index contributed by atoms with van der Waals surface area (Å²) in [6.07, 6.45) is 2.00. The molecule has 2 heteroatoms. The third-order valence-corrected chi connectivity index (χ3v) is 4.19. The Morgan fingerprint density at radius 1 is 1.06 bits per heavy atom. The molecule has 0 unspecified atom stereocenters. The maximum atomic E-state index is 12.3. The molecule has 0 aliphatic heterocycles. The largest absolute Gasteiger partial charge is 0.288 e. The van der Waals surface area contributed by atoms with Gasteiger partial charge in [-0.25, -0.2) is 0 Å². The zero-order chi connectivity index (χ0) is 13.1. The van der Waals surface area contributed by atoms with E-state index in [0.717, 1.165) is 23.3 Å². The van der Waals surface area contributed by atoms with Crippen molar-refractivity contribution >= 4 is 17.1 Å². The molecule has 0 spiro atoms. The number of carbonyl (C=O) groups excluding carboxylic acids is 1. The van der Waals surface area contributed by atoms with Crippen LogP contribution in [0.1, 0.15) is 45.1 Å². The first-order valence-corrected chi connectivity index (χ1v) is 7.20. The van der Waals surface area contributed by atoms with Crippen LogP contribution >= 0.6 is 11.3 Å². The van der Waals surface area contributed by atoms with Crippen LogP contribution in [0.15, 0.2) is 30.3 Å². The number of ketones is 1. The number of thiophene rings is 1. The van der Waals surface area contributed by atoms with Gasteiger partial charge in [-0.1, -0.05) is 26.0 Å². The second-order valence-electron chi connectivity index (χ2n) is 4.43. The summed E-state index contributed by atoms with van der Waals surface area (Å²) in [5.41, 5.74) is 3.44. The number of hydrogen-bond donors (Lipinski definition) is 0. The van der Waals surface area contributed by atoms with Crippen LogP contribution in [0.4, 0.5) is 0 Å². The molecule has 18 heavy (non-hydrogen) atoms. The molecular formula is C16H18OS. The Labute approximate surface area is 112 Å². The average molecular weight is 258 g/mol. The van der Waals surface area contributed by atoms with Gasteiger partial charge in [0.1, 0.15) is 0 Å². The van der Waals surface area contributed by atoms with Crippen LogP contribution in [-0.2, 0) is 12.8 Å². The van der Waals surface area contributed by atoms with Crippen molar-refractivity contribution in [1.82, 2.24) is 0 Å². The Kier molecular flexibility index (Phi) is 3.97. The fourth-order valence-corrected chi connectivity index (χ4v) is 2.97. The molecule has 94 valence electrons. The molecule has 0 saturated carbocycles. The Balaban J connectivity index is 2.36. The zero-order valence-electron chi connectivity index (χ0n) is 11.1. The van der Waals surface area contributed by atoms with Crippen molar-refractivity contribution in [2.75, 3.05) is 0 Å². The summed E-state index contributed by atoms with van der Waals surface area (Å²) in [6, 6.07) is 10.0. The molecule has 1 heterocycles. The van der Waals surface area contributed by atoms with E-state index >= 15 is 0 Å². The molecule has 0 amide bonds. The van der Waals surface area contributed by atoms with Crippen LogP contribution in [0.25, 0.3) is 0 Å². The minimum Gasteiger partial charge on any atom is -0.288 e. The molecule has 0 fully saturated rings. The number of benzene rings is 1. The molecule has 2 rings (SSSR count). The van der Waals surface area contributed by atoms with Crippen molar-refractivity contribution < 1.29 is 4.79 Å². The van der Waals surface area contributed by atoms with Gasteiger partial charge in [0, 0.05) is 10.4 Å². The fraction of sp³-hybridized carbons (Fsp3) is 0.312. The van der Waals surface area contributed by atoms with Gasteiger partial charge in [0.2, 0.25) is 5.78 Å². The van der Waals surface area contributed by atoms with E-state index in [0.29, 0.717) is 0 Å². The number of carbonyl (C=O) groups is 1. The van der Waals surface area contributed by atoms with Gasteiger partial charge in [-0.15, -0.1) is 11.3 Å². The van der Waals surface area contributed by atoms with E-state index in [1.165, 1.54) is 16.0 Å². The molecule has 0 aliphatic carbocycles. The molecule has 1 nitrogen and oxygen atoms in total. The second kappa shape index (κ2) is 5.49. The lowest BCUT2D eigenvalue weighted by molar-refractivity contribution is 0.104. The predicted molar refractivity (Wildman–Crippen MR) is 77.7 cm³/mol. The number of rotatable bonds is 4. The quantitative estimate of drug-likeness (QED) is 0.742. The van der Waals surface area contributed by atoms with Crippen LogP contribution in [0, 0.1) is 6.92 Å². The molecule has 0 bridgehead atoms. The van der Waals surface area contributed by atoms with Crippen molar-refractivity contribution in [3.8, 4) is 0 Å². The van der Waals surface area contributed by atoms with Crippen LogP contribution in [-0.4, -0.2) is 5.78 Å². The third kappa shape index (κ3) is 2.54. The maximum Gasteiger partial charge on any atom is 0.202 e. The van der Waals surface area contributed by atoms with E-state index in [4.69, 9.17) is 0 Å². The highest BCUT2D eigenvalue weighted by molar-refractivity contribution is 7.14. The summed E-state index contributed by atoms with van der Waals surface area (Å²) >= 11 is 1.56. The standard InChI is InChI=1S/C16H18OS/c1-4-12-7-8-14(10-13(12)5-2)16(17)15-9-6-11(3)18-15/h6-10H,4-5H2,1-3H3. The summed E-state index contributed by atoms with van der Waals surface area (Å²) in [6.45, 7) is 6.32. The highest BCUT2D eigenvalue weighted by Crippen LogP contribution is 2.21. The first kappa shape index (κ1) is 13.0. The molecule has 0 atom stereocenters. The average Bonchev–Trinajstić information content (AvgIpc) is 2.83. The fourth-order valence-electron chi connectivity index (χ4n) is 2.14. The van der Waals surface area contributed by atoms with E-state index in [9.17, 15) is 4.79 Å². The molecule has 2 aromatic rings. The number of hydrogen-bond acceptors (Lipinski definition) is 2. The smallest absolute Gasteiger partial charge is 0.202 e. The van der Waals surface area contributed by atoms with Crippen molar-refractivity contribution in [2.24, 2.45) is 0 Å². The molecule has 1 aromatic carbocycles. The van der Waals surface area contributed by atoms with E-state index < -0.39 is 0 Å². The summed E-state index contributed by atoms with van der Waals surface area (Å²) < 4.78 is 0. The Morgan fingerprint density at radius 2 is 1.78 bits per heavy atom. The van der Waals surface area contributed by atoms with Gasteiger partial charge in [-0.3, -0.25) is 4.79 Å². The number of aryl methyl sites for hydroxylation is 3. The van der Waals surface area contributed by atoms with Gasteiger partial charge in [-0.2, -0.15) is 0 Å². The summed E-state index contributed by atoms with van der Waals surface area (Å²) in [5, 5.41) is 0. The lowest BCUT2D eigenvalue weighted by Crippen LogP contribution is -2.01. The van der Waals surface area contributed by atoms with Crippen molar-refractivity contribution in [3.05, 3.63) is 56.8 Å². The Bertz CT molecular complexity index is 566. The highest BCUT2D eigenvalue weighted by Gasteiger charge is 2.12. The maximum absolute atomic E-state index is 12.3. The lowest BCUT2D eigenvalue weighted by Gasteiger charge is -2.07. The SMILES string of the molecule is CCc1ccc(C(=O)c2ccc(C)s2)cc1CC. The summed E-state index contributed by atoms with van der Waals surface area (Å²) in [7, 11) is 0. The molecular weight excluding hydrogens is 240 g/mol. The van der Waals surface area contributed by atoms with E-state index in [2.05, 4.69) is 26.0 Å². The first-order chi connectivity index (χ1) is 8.65. The van der Waals surface area contributed by atoms with Crippen LogP contribution < -0.4 is 0 Å². The van der Waals surface area contributed by atoms with Gasteiger partial charge < -0.3 is 0 Å². The molecule has 0 saturated heterocycles. The molecule has 0 aliphatic rings.